The highest BCUT2D eigenvalue weighted by atomic mass is 16.3. The molecule has 2 atom stereocenters. The quantitative estimate of drug-likeness (QED) is 0.705. The van der Waals surface area contributed by atoms with Gasteiger partial charge in [-0.1, -0.05) is 12.1 Å². The Balaban J connectivity index is 2.78. The van der Waals surface area contributed by atoms with Crippen LogP contribution in [0.3, 0.4) is 0 Å². The molecule has 0 saturated carbocycles. The third kappa shape index (κ3) is 2.96. The predicted molar refractivity (Wildman–Crippen MR) is 64.0 cm³/mol. The van der Waals surface area contributed by atoms with Crippen molar-refractivity contribution in [3.8, 4) is 6.07 Å². The molecule has 16 heavy (non-hydrogen) atoms. The number of hydrogen-bond acceptors (Lipinski definition) is 4. The Morgan fingerprint density at radius 3 is 2.81 bits per heavy atom. The first-order valence-electron chi connectivity index (χ1n) is 5.23. The number of para-hydroxylation sites is 1. The predicted octanol–water partition coefficient (Wildman–Crippen LogP) is 0.987. The number of benzene rings is 1. The molecule has 0 heterocycles. The molecule has 1 aromatic rings. The third-order valence-corrected chi connectivity index (χ3v) is 2.53. The number of aliphatic hydroxyl groups is 1. The zero-order valence-electron chi connectivity index (χ0n) is 9.57. The molecule has 0 fully saturated rings. The lowest BCUT2D eigenvalue weighted by molar-refractivity contribution is 0.168. The Kier molecular flexibility index (Phi) is 4.29. The Morgan fingerprint density at radius 1 is 1.56 bits per heavy atom. The first-order valence-corrected chi connectivity index (χ1v) is 5.23. The summed E-state index contributed by atoms with van der Waals surface area (Å²) in [7, 11) is 0. The summed E-state index contributed by atoms with van der Waals surface area (Å²) in [5, 5.41) is 21.3. The van der Waals surface area contributed by atoms with Gasteiger partial charge >= 0.3 is 0 Å². The molecule has 0 saturated heterocycles. The average Bonchev–Trinajstić information content (AvgIpc) is 2.26. The Morgan fingerprint density at radius 2 is 2.25 bits per heavy atom. The molecule has 0 radical (unpaired) electrons. The number of nitriles is 1. The second-order valence-electron chi connectivity index (χ2n) is 3.89. The Bertz CT molecular complexity index is 396. The lowest BCUT2D eigenvalue weighted by Crippen LogP contribution is -2.38. The molecule has 1 rings (SSSR count). The number of aryl methyl sites for hydroxylation is 1. The van der Waals surface area contributed by atoms with E-state index in [1.165, 1.54) is 0 Å². The van der Waals surface area contributed by atoms with Gasteiger partial charge in [0, 0.05) is 12.6 Å². The van der Waals surface area contributed by atoms with Crippen LogP contribution in [-0.4, -0.2) is 23.8 Å². The van der Waals surface area contributed by atoms with Crippen molar-refractivity contribution in [3.63, 3.8) is 0 Å². The lowest BCUT2D eigenvalue weighted by Gasteiger charge is -2.17. The van der Waals surface area contributed by atoms with Gasteiger partial charge in [-0.15, -0.1) is 0 Å². The number of anilines is 1. The Labute approximate surface area is 95.7 Å². The van der Waals surface area contributed by atoms with Crippen molar-refractivity contribution in [2.75, 3.05) is 11.9 Å². The van der Waals surface area contributed by atoms with Crippen LogP contribution in [0, 0.1) is 18.3 Å². The normalized spacial score (nSPS) is 13.9. The summed E-state index contributed by atoms with van der Waals surface area (Å²) in [5.41, 5.74) is 8.10. The van der Waals surface area contributed by atoms with Gasteiger partial charge in [0.25, 0.3) is 0 Å². The fraction of sp³-hybridized carbons (Fsp3) is 0.417. The van der Waals surface area contributed by atoms with E-state index in [1.54, 1.807) is 13.0 Å². The second kappa shape index (κ2) is 5.50. The van der Waals surface area contributed by atoms with Gasteiger partial charge in [0.2, 0.25) is 0 Å². The molecule has 1 aromatic carbocycles. The van der Waals surface area contributed by atoms with Gasteiger partial charge in [-0.2, -0.15) is 5.26 Å². The highest BCUT2D eigenvalue weighted by Gasteiger charge is 2.10. The maximum Gasteiger partial charge on any atom is 0.101 e. The van der Waals surface area contributed by atoms with Gasteiger partial charge in [-0.05, 0) is 25.5 Å². The van der Waals surface area contributed by atoms with Crippen molar-refractivity contribution in [3.05, 3.63) is 29.3 Å². The summed E-state index contributed by atoms with van der Waals surface area (Å²) in [6.07, 6.45) is -0.568. The van der Waals surface area contributed by atoms with Crippen molar-refractivity contribution >= 4 is 5.69 Å². The van der Waals surface area contributed by atoms with Gasteiger partial charge in [-0.25, -0.2) is 0 Å². The number of nitrogens with two attached hydrogens (primary N) is 1. The summed E-state index contributed by atoms with van der Waals surface area (Å²) >= 11 is 0. The van der Waals surface area contributed by atoms with Gasteiger partial charge < -0.3 is 16.2 Å². The fourth-order valence-corrected chi connectivity index (χ4v) is 1.39. The summed E-state index contributed by atoms with van der Waals surface area (Å²) in [6, 6.07) is 7.30. The van der Waals surface area contributed by atoms with Crippen molar-refractivity contribution < 1.29 is 5.11 Å². The van der Waals surface area contributed by atoms with Crippen LogP contribution < -0.4 is 11.1 Å². The first kappa shape index (κ1) is 12.5. The van der Waals surface area contributed by atoms with E-state index in [2.05, 4.69) is 11.4 Å². The van der Waals surface area contributed by atoms with E-state index in [9.17, 15) is 5.11 Å². The molecule has 0 aliphatic rings. The SMILES string of the molecule is Cc1cccc(C#N)c1NCC(N)C(C)O. The maximum atomic E-state index is 9.26. The minimum atomic E-state index is -0.568. The number of rotatable bonds is 4. The van der Waals surface area contributed by atoms with Crippen molar-refractivity contribution in [2.45, 2.75) is 26.0 Å². The summed E-state index contributed by atoms with van der Waals surface area (Å²) in [5.74, 6) is 0. The van der Waals surface area contributed by atoms with Crippen molar-refractivity contribution in [1.29, 1.82) is 5.26 Å². The molecule has 4 heteroatoms. The minimum Gasteiger partial charge on any atom is -0.392 e. The average molecular weight is 219 g/mol. The van der Waals surface area contributed by atoms with Crippen molar-refractivity contribution in [2.24, 2.45) is 5.73 Å². The molecule has 0 aliphatic carbocycles. The third-order valence-electron chi connectivity index (χ3n) is 2.53. The van der Waals surface area contributed by atoms with Crippen LogP contribution in [0.15, 0.2) is 18.2 Å². The molecule has 0 aromatic heterocycles. The fourth-order valence-electron chi connectivity index (χ4n) is 1.39. The lowest BCUT2D eigenvalue weighted by atomic mass is 10.1. The molecule has 2 unspecified atom stereocenters. The summed E-state index contributed by atoms with van der Waals surface area (Å²) < 4.78 is 0. The molecule has 0 bridgehead atoms. The highest BCUT2D eigenvalue weighted by Crippen LogP contribution is 2.19. The van der Waals surface area contributed by atoms with E-state index in [4.69, 9.17) is 11.0 Å². The molecular weight excluding hydrogens is 202 g/mol. The summed E-state index contributed by atoms with van der Waals surface area (Å²) in [6.45, 7) is 4.02. The van der Waals surface area contributed by atoms with E-state index in [0.717, 1.165) is 11.3 Å². The highest BCUT2D eigenvalue weighted by molar-refractivity contribution is 5.62. The van der Waals surface area contributed by atoms with Crippen LogP contribution in [0.5, 0.6) is 0 Å². The number of nitrogens with one attached hydrogen (secondary N) is 1. The second-order valence-corrected chi connectivity index (χ2v) is 3.89. The number of nitrogens with zero attached hydrogens (tertiary/aromatic N) is 1. The first-order chi connectivity index (χ1) is 7.56. The molecule has 86 valence electrons. The molecule has 0 amide bonds. The van der Waals surface area contributed by atoms with Crippen LogP contribution in [-0.2, 0) is 0 Å². The van der Waals surface area contributed by atoms with E-state index in [-0.39, 0.29) is 6.04 Å². The zero-order chi connectivity index (χ0) is 12.1. The van der Waals surface area contributed by atoms with Gasteiger partial charge in [0.05, 0.1) is 17.4 Å². The van der Waals surface area contributed by atoms with Crippen molar-refractivity contribution in [1.82, 2.24) is 0 Å². The van der Waals surface area contributed by atoms with E-state index in [1.807, 2.05) is 19.1 Å². The zero-order valence-corrected chi connectivity index (χ0v) is 9.57. The van der Waals surface area contributed by atoms with Crippen LogP contribution in [0.2, 0.25) is 0 Å². The monoisotopic (exact) mass is 219 g/mol. The van der Waals surface area contributed by atoms with E-state index < -0.39 is 6.10 Å². The number of aliphatic hydroxyl groups excluding tert-OH is 1. The van der Waals surface area contributed by atoms with E-state index in [0.29, 0.717) is 12.1 Å². The van der Waals surface area contributed by atoms with Gasteiger partial charge in [0.1, 0.15) is 6.07 Å². The van der Waals surface area contributed by atoms with Crippen LogP contribution >= 0.6 is 0 Å². The van der Waals surface area contributed by atoms with Gasteiger partial charge in [0.15, 0.2) is 0 Å². The van der Waals surface area contributed by atoms with E-state index >= 15 is 0 Å². The van der Waals surface area contributed by atoms with Gasteiger partial charge in [-0.3, -0.25) is 0 Å². The molecular formula is C12H17N3O. The van der Waals surface area contributed by atoms with Crippen LogP contribution in [0.1, 0.15) is 18.1 Å². The summed E-state index contributed by atoms with van der Waals surface area (Å²) in [4.78, 5) is 0. The molecule has 0 aliphatic heterocycles. The molecule has 4 N–H and O–H groups in total. The van der Waals surface area contributed by atoms with Crippen LogP contribution in [0.25, 0.3) is 0 Å². The van der Waals surface area contributed by atoms with Crippen LogP contribution in [0.4, 0.5) is 5.69 Å². The smallest absolute Gasteiger partial charge is 0.101 e. The topological polar surface area (TPSA) is 82.1 Å². The number of hydrogen-bond donors (Lipinski definition) is 3. The standard InChI is InChI=1S/C12H17N3O/c1-8-4-3-5-10(6-13)12(8)15-7-11(14)9(2)16/h3-5,9,11,15-16H,7,14H2,1-2H3. The molecule has 0 spiro atoms. The molecule has 4 nitrogen and oxygen atoms in total. The maximum absolute atomic E-state index is 9.26. The minimum absolute atomic E-state index is 0.342. The largest absolute Gasteiger partial charge is 0.392 e. The Hall–Kier alpha value is -1.57.